The van der Waals surface area contributed by atoms with E-state index in [1.807, 2.05) is 0 Å². The molecule has 2 rings (SSSR count). The summed E-state index contributed by atoms with van der Waals surface area (Å²) in [6.45, 7) is -1.66. The molecule has 11 heteroatoms. The van der Waals surface area contributed by atoms with E-state index in [2.05, 4.69) is 0 Å². The van der Waals surface area contributed by atoms with Crippen molar-refractivity contribution >= 4 is 0 Å². The van der Waals surface area contributed by atoms with Crippen LogP contribution in [0.4, 0.5) is 0 Å². The highest BCUT2D eigenvalue weighted by molar-refractivity contribution is 4.93. The Bertz CT molecular complexity index is 394. The molecule has 6 unspecified atom stereocenters. The largest absolute Gasteiger partial charge is 0.394 e. The number of hydrogen-bond acceptors (Lipinski definition) is 11. The minimum Gasteiger partial charge on any atom is -0.394 e. The fourth-order valence-electron chi connectivity index (χ4n) is 2.72. The van der Waals surface area contributed by atoms with Crippen LogP contribution in [0, 0.1) is 0 Å². The van der Waals surface area contributed by atoms with Crippen LogP contribution in [0.1, 0.15) is 0 Å². The predicted molar refractivity (Wildman–Crippen MR) is 73.5 cm³/mol. The van der Waals surface area contributed by atoms with Gasteiger partial charge in [-0.25, -0.2) is 0 Å². The van der Waals surface area contributed by atoms with Crippen LogP contribution in [-0.2, 0) is 14.2 Å². The van der Waals surface area contributed by atoms with E-state index in [1.54, 1.807) is 0 Å². The van der Waals surface area contributed by atoms with Gasteiger partial charge in [-0.05, 0) is 0 Å². The van der Waals surface area contributed by atoms with Crippen LogP contribution in [0.25, 0.3) is 0 Å². The molecule has 0 amide bonds. The van der Waals surface area contributed by atoms with Gasteiger partial charge in [-0.2, -0.15) is 0 Å². The van der Waals surface area contributed by atoms with Crippen LogP contribution in [-0.4, -0.2) is 122 Å². The summed E-state index contributed by atoms with van der Waals surface area (Å²) >= 11 is 0. The second kappa shape index (κ2) is 8.29. The van der Waals surface area contributed by atoms with Gasteiger partial charge in [-0.15, -0.1) is 0 Å². The summed E-state index contributed by atoms with van der Waals surface area (Å²) in [4.78, 5) is 0. The lowest BCUT2D eigenvalue weighted by atomic mass is 9.98. The molecule has 8 N–H and O–H groups in total. The molecule has 2 heterocycles. The maximum Gasteiger partial charge on any atom is 0.187 e. The average molecular weight is 356 g/mol. The molecule has 11 nitrogen and oxygen atoms in total. The van der Waals surface area contributed by atoms with Crippen LogP contribution >= 0.6 is 0 Å². The first kappa shape index (κ1) is 19.9. The fraction of sp³-hybridized carbons (Fsp3) is 1.00. The Morgan fingerprint density at radius 3 is 1.96 bits per heavy atom. The zero-order valence-corrected chi connectivity index (χ0v) is 12.7. The highest BCUT2D eigenvalue weighted by atomic mass is 16.7. The van der Waals surface area contributed by atoms with E-state index in [9.17, 15) is 35.7 Å². The minimum absolute atomic E-state index is 0.363. The molecule has 2 aliphatic heterocycles. The first-order chi connectivity index (χ1) is 11.3. The van der Waals surface area contributed by atoms with Gasteiger partial charge in [0.25, 0.3) is 0 Å². The third-order valence-electron chi connectivity index (χ3n) is 4.25. The van der Waals surface area contributed by atoms with Crippen LogP contribution in [0.15, 0.2) is 0 Å². The first-order valence-electron chi connectivity index (χ1n) is 7.54. The molecule has 0 aliphatic carbocycles. The number of aliphatic hydroxyl groups excluding tert-OH is 8. The molecule has 0 aromatic rings. The Hall–Kier alpha value is -0.440. The smallest absolute Gasteiger partial charge is 0.187 e. The summed E-state index contributed by atoms with van der Waals surface area (Å²) in [6, 6.07) is 0. The van der Waals surface area contributed by atoms with Gasteiger partial charge in [0, 0.05) is 0 Å². The Balaban J connectivity index is 2.16. The molecule has 0 radical (unpaired) electrons. The van der Waals surface area contributed by atoms with Gasteiger partial charge in [-0.3, -0.25) is 0 Å². The van der Waals surface area contributed by atoms with Gasteiger partial charge in [0.2, 0.25) is 0 Å². The van der Waals surface area contributed by atoms with Gasteiger partial charge < -0.3 is 55.1 Å². The third kappa shape index (κ3) is 3.86. The fourth-order valence-corrected chi connectivity index (χ4v) is 2.72. The summed E-state index contributed by atoms with van der Waals surface area (Å²) in [5.74, 6) is 0. The van der Waals surface area contributed by atoms with Crippen LogP contribution in [0.3, 0.4) is 0 Å². The lowest BCUT2D eigenvalue weighted by Gasteiger charge is -2.42. The number of aliphatic hydroxyl groups is 8. The zero-order valence-electron chi connectivity index (χ0n) is 12.7. The lowest BCUT2D eigenvalue weighted by molar-refractivity contribution is -0.326. The van der Waals surface area contributed by atoms with Crippen LogP contribution in [0.5, 0.6) is 0 Å². The van der Waals surface area contributed by atoms with Gasteiger partial charge in [0.1, 0.15) is 54.9 Å². The van der Waals surface area contributed by atoms with Crippen molar-refractivity contribution in [2.45, 2.75) is 61.2 Å². The molecular weight excluding hydrogens is 332 g/mol. The molecule has 0 aromatic carbocycles. The van der Waals surface area contributed by atoms with E-state index in [0.717, 1.165) is 0 Å². The standard InChI is InChI=1S/C13H24O11/c14-1-5-8(18)9(19)11(21)13(23-5)24-12-6(2-15)22-3-4(16)7(17)10(12)20/h4-21H,1-3H2/t4?,5?,6-,7+,8+,9?,10?,11?,12?,13+/m1/s1. The van der Waals surface area contributed by atoms with Crippen molar-refractivity contribution in [1.82, 2.24) is 0 Å². The number of ether oxygens (including phenoxy) is 3. The SMILES string of the molecule is OCC1O[C@@H](OC2C(O)[C@@H](O)C(O)CO[C@@H]2CO)C(O)C(O)[C@H]1O. The van der Waals surface area contributed by atoms with Crippen LogP contribution in [0.2, 0.25) is 0 Å². The normalized spacial score (nSPS) is 50.5. The first-order valence-corrected chi connectivity index (χ1v) is 7.54. The molecular formula is C13H24O11. The third-order valence-corrected chi connectivity index (χ3v) is 4.25. The molecule has 24 heavy (non-hydrogen) atoms. The van der Waals surface area contributed by atoms with Crippen molar-refractivity contribution in [2.75, 3.05) is 19.8 Å². The summed E-state index contributed by atoms with van der Waals surface area (Å²) in [7, 11) is 0. The zero-order chi connectivity index (χ0) is 18.0. The topological polar surface area (TPSA) is 190 Å². The summed E-state index contributed by atoms with van der Waals surface area (Å²) in [6.07, 6.45) is -15.1. The molecule has 10 atom stereocenters. The van der Waals surface area contributed by atoms with Gasteiger partial charge >= 0.3 is 0 Å². The molecule has 0 spiro atoms. The van der Waals surface area contributed by atoms with E-state index >= 15 is 0 Å². The van der Waals surface area contributed by atoms with E-state index < -0.39 is 74.4 Å². The molecule has 2 fully saturated rings. The van der Waals surface area contributed by atoms with Crippen molar-refractivity contribution in [3.63, 3.8) is 0 Å². The summed E-state index contributed by atoms with van der Waals surface area (Å²) in [5, 5.41) is 77.4. The Morgan fingerprint density at radius 1 is 0.750 bits per heavy atom. The second-order valence-electron chi connectivity index (χ2n) is 5.90. The molecule has 2 aliphatic rings. The summed E-state index contributed by atoms with van der Waals surface area (Å²) < 4.78 is 15.7. The maximum atomic E-state index is 10.1. The maximum absolute atomic E-state index is 10.1. The Morgan fingerprint density at radius 2 is 1.38 bits per heavy atom. The predicted octanol–water partition coefficient (Wildman–Crippen LogP) is -5.35. The molecule has 142 valence electrons. The molecule has 0 aromatic heterocycles. The van der Waals surface area contributed by atoms with Crippen molar-refractivity contribution in [1.29, 1.82) is 0 Å². The second-order valence-corrected chi connectivity index (χ2v) is 5.90. The van der Waals surface area contributed by atoms with Crippen molar-refractivity contribution in [3.05, 3.63) is 0 Å². The summed E-state index contributed by atoms with van der Waals surface area (Å²) in [5.41, 5.74) is 0. The Kier molecular flexibility index (Phi) is 6.87. The lowest BCUT2D eigenvalue weighted by Crippen LogP contribution is -2.61. The van der Waals surface area contributed by atoms with Gasteiger partial charge in [0.05, 0.1) is 19.8 Å². The Labute approximate surface area is 137 Å². The van der Waals surface area contributed by atoms with Crippen LogP contribution < -0.4 is 0 Å². The molecule has 0 saturated carbocycles. The average Bonchev–Trinajstić information content (AvgIpc) is 2.68. The monoisotopic (exact) mass is 356 g/mol. The van der Waals surface area contributed by atoms with Crippen molar-refractivity contribution in [3.8, 4) is 0 Å². The molecule has 2 saturated heterocycles. The highest BCUT2D eigenvalue weighted by Gasteiger charge is 2.48. The van der Waals surface area contributed by atoms with Gasteiger partial charge in [-0.1, -0.05) is 0 Å². The van der Waals surface area contributed by atoms with E-state index in [0.29, 0.717) is 0 Å². The quantitative estimate of drug-likeness (QED) is 0.240. The van der Waals surface area contributed by atoms with Crippen molar-refractivity contribution in [2.24, 2.45) is 0 Å². The van der Waals surface area contributed by atoms with E-state index in [4.69, 9.17) is 19.3 Å². The highest BCUT2D eigenvalue weighted by Crippen LogP contribution is 2.27. The number of rotatable bonds is 4. The van der Waals surface area contributed by atoms with Gasteiger partial charge in [0.15, 0.2) is 6.29 Å². The number of hydrogen-bond donors (Lipinski definition) is 8. The van der Waals surface area contributed by atoms with Crippen molar-refractivity contribution < 1.29 is 55.1 Å². The van der Waals surface area contributed by atoms with E-state index in [1.165, 1.54) is 0 Å². The minimum atomic E-state index is -1.72. The van der Waals surface area contributed by atoms with E-state index in [-0.39, 0.29) is 6.61 Å². The molecule has 0 bridgehead atoms.